The highest BCUT2D eigenvalue weighted by Crippen LogP contribution is 2.18. The van der Waals surface area contributed by atoms with Crippen molar-refractivity contribution in [2.75, 3.05) is 18.2 Å². The van der Waals surface area contributed by atoms with E-state index in [0.717, 1.165) is 25.1 Å². The zero-order valence-electron chi connectivity index (χ0n) is 11.3. The van der Waals surface area contributed by atoms with Crippen LogP contribution in [-0.4, -0.2) is 31.0 Å². The van der Waals surface area contributed by atoms with Gasteiger partial charge in [-0.05, 0) is 50.3 Å². The van der Waals surface area contributed by atoms with Crippen molar-refractivity contribution in [3.8, 4) is 0 Å². The van der Waals surface area contributed by atoms with Gasteiger partial charge < -0.3 is 15.4 Å². The number of rotatable bonds is 4. The van der Waals surface area contributed by atoms with Crippen LogP contribution in [-0.2, 0) is 4.74 Å². The van der Waals surface area contributed by atoms with E-state index in [1.807, 2.05) is 37.4 Å². The lowest BCUT2D eigenvalue weighted by atomic mass is 10.1. The third kappa shape index (κ3) is 4.14. The van der Waals surface area contributed by atoms with E-state index in [1.165, 1.54) is 4.90 Å². The minimum absolute atomic E-state index is 0.0352. The number of amides is 2. The van der Waals surface area contributed by atoms with Gasteiger partial charge in [0.25, 0.3) is 0 Å². The Hall–Kier alpha value is -1.20. The second-order valence-corrected chi connectivity index (χ2v) is 5.55. The number of hydrogen-bond donors (Lipinski definition) is 2. The molecule has 0 spiro atoms. The number of urea groups is 1. The molecule has 1 aromatic rings. The van der Waals surface area contributed by atoms with E-state index in [2.05, 4.69) is 10.6 Å². The van der Waals surface area contributed by atoms with Crippen LogP contribution in [0.5, 0.6) is 0 Å². The Morgan fingerprint density at radius 3 is 2.74 bits per heavy atom. The second-order valence-electron chi connectivity index (χ2n) is 4.67. The SMILES string of the molecule is CSc1ccc(NC(=O)N[C@H](C)[C@@H]2CCCO2)cc1. The van der Waals surface area contributed by atoms with E-state index in [1.54, 1.807) is 11.8 Å². The summed E-state index contributed by atoms with van der Waals surface area (Å²) >= 11 is 1.68. The number of carbonyl (C=O) groups excluding carboxylic acids is 1. The molecule has 0 radical (unpaired) electrons. The summed E-state index contributed by atoms with van der Waals surface area (Å²) in [7, 11) is 0. The van der Waals surface area contributed by atoms with Crippen molar-refractivity contribution in [2.24, 2.45) is 0 Å². The van der Waals surface area contributed by atoms with Gasteiger partial charge in [0.2, 0.25) is 0 Å². The average molecular weight is 280 g/mol. The molecular weight excluding hydrogens is 260 g/mol. The maximum Gasteiger partial charge on any atom is 0.319 e. The molecule has 1 aromatic carbocycles. The van der Waals surface area contributed by atoms with Crippen LogP contribution in [0.25, 0.3) is 0 Å². The standard InChI is InChI=1S/C14H20N2O2S/c1-10(13-4-3-9-18-13)15-14(17)16-11-5-7-12(19-2)8-6-11/h5-8,10,13H,3-4,9H2,1-2H3,(H2,15,16,17)/t10-,13+/m1/s1. The van der Waals surface area contributed by atoms with Gasteiger partial charge in [0.15, 0.2) is 0 Å². The van der Waals surface area contributed by atoms with Crippen LogP contribution in [0.3, 0.4) is 0 Å². The van der Waals surface area contributed by atoms with E-state index >= 15 is 0 Å². The molecule has 0 aliphatic carbocycles. The first kappa shape index (κ1) is 14.2. The highest BCUT2D eigenvalue weighted by Gasteiger charge is 2.23. The predicted octanol–water partition coefficient (Wildman–Crippen LogP) is 3.10. The molecule has 1 aliphatic rings. The Labute approximate surface area is 118 Å². The number of hydrogen-bond acceptors (Lipinski definition) is 3. The quantitative estimate of drug-likeness (QED) is 0.833. The van der Waals surface area contributed by atoms with Crippen molar-refractivity contribution in [3.63, 3.8) is 0 Å². The first-order chi connectivity index (χ1) is 9.19. The maximum absolute atomic E-state index is 11.9. The monoisotopic (exact) mass is 280 g/mol. The minimum Gasteiger partial charge on any atom is -0.376 e. The van der Waals surface area contributed by atoms with Gasteiger partial charge in [-0.25, -0.2) is 4.79 Å². The van der Waals surface area contributed by atoms with Crippen LogP contribution in [0, 0.1) is 0 Å². The Kier molecular flexibility index (Phi) is 5.10. The molecule has 0 bridgehead atoms. The summed E-state index contributed by atoms with van der Waals surface area (Å²) in [4.78, 5) is 13.0. The molecule has 2 atom stereocenters. The van der Waals surface area contributed by atoms with E-state index in [0.29, 0.717) is 0 Å². The molecular formula is C14H20N2O2S. The van der Waals surface area contributed by atoms with Crippen LogP contribution >= 0.6 is 11.8 Å². The van der Waals surface area contributed by atoms with Gasteiger partial charge in [-0.15, -0.1) is 11.8 Å². The normalized spacial score (nSPS) is 20.0. The van der Waals surface area contributed by atoms with Gasteiger partial charge in [0.1, 0.15) is 0 Å². The largest absolute Gasteiger partial charge is 0.376 e. The lowest BCUT2D eigenvalue weighted by Crippen LogP contribution is -2.42. The van der Waals surface area contributed by atoms with Crippen LogP contribution in [0.15, 0.2) is 29.2 Å². The highest BCUT2D eigenvalue weighted by atomic mass is 32.2. The third-order valence-electron chi connectivity index (χ3n) is 3.23. The third-order valence-corrected chi connectivity index (χ3v) is 3.97. The van der Waals surface area contributed by atoms with Crippen molar-refractivity contribution in [3.05, 3.63) is 24.3 Å². The van der Waals surface area contributed by atoms with Gasteiger partial charge in [-0.3, -0.25) is 0 Å². The smallest absolute Gasteiger partial charge is 0.319 e. The van der Waals surface area contributed by atoms with E-state index < -0.39 is 0 Å². The number of carbonyl (C=O) groups is 1. The zero-order valence-corrected chi connectivity index (χ0v) is 12.1. The minimum atomic E-state index is -0.181. The Morgan fingerprint density at radius 1 is 1.42 bits per heavy atom. The molecule has 1 saturated heterocycles. The molecule has 1 aliphatic heterocycles. The van der Waals surface area contributed by atoms with Crippen LogP contribution in [0.4, 0.5) is 10.5 Å². The predicted molar refractivity (Wildman–Crippen MR) is 78.8 cm³/mol. The topological polar surface area (TPSA) is 50.4 Å². The van der Waals surface area contributed by atoms with Crippen LogP contribution in [0.2, 0.25) is 0 Å². The summed E-state index contributed by atoms with van der Waals surface area (Å²) in [6.45, 7) is 2.78. The molecule has 104 valence electrons. The number of benzene rings is 1. The van der Waals surface area contributed by atoms with Gasteiger partial charge in [-0.2, -0.15) is 0 Å². The molecule has 2 amide bonds. The Morgan fingerprint density at radius 2 is 2.16 bits per heavy atom. The number of thioether (sulfide) groups is 1. The van der Waals surface area contributed by atoms with E-state index in [-0.39, 0.29) is 18.2 Å². The molecule has 1 heterocycles. The summed E-state index contributed by atoms with van der Waals surface area (Å²) in [5.74, 6) is 0. The molecule has 2 rings (SSSR count). The fourth-order valence-electron chi connectivity index (χ4n) is 2.14. The number of ether oxygens (including phenoxy) is 1. The molecule has 0 unspecified atom stereocenters. The Balaban J connectivity index is 1.82. The van der Waals surface area contributed by atoms with Crippen molar-refractivity contribution in [1.29, 1.82) is 0 Å². The fraction of sp³-hybridized carbons (Fsp3) is 0.500. The van der Waals surface area contributed by atoms with Gasteiger partial charge >= 0.3 is 6.03 Å². The second kappa shape index (κ2) is 6.82. The molecule has 1 fully saturated rings. The zero-order chi connectivity index (χ0) is 13.7. The van der Waals surface area contributed by atoms with Crippen LogP contribution in [0.1, 0.15) is 19.8 Å². The maximum atomic E-state index is 11.9. The molecule has 0 saturated carbocycles. The average Bonchev–Trinajstić information content (AvgIpc) is 2.93. The van der Waals surface area contributed by atoms with Crippen LogP contribution < -0.4 is 10.6 Å². The van der Waals surface area contributed by atoms with Gasteiger partial charge in [0, 0.05) is 17.2 Å². The number of nitrogens with one attached hydrogen (secondary N) is 2. The van der Waals surface area contributed by atoms with Crippen molar-refractivity contribution < 1.29 is 9.53 Å². The summed E-state index contributed by atoms with van der Waals surface area (Å²) in [5, 5.41) is 5.75. The van der Waals surface area contributed by atoms with E-state index in [4.69, 9.17) is 4.74 Å². The van der Waals surface area contributed by atoms with Crippen molar-refractivity contribution in [1.82, 2.24) is 5.32 Å². The van der Waals surface area contributed by atoms with Gasteiger partial charge in [0.05, 0.1) is 12.1 Å². The fourth-order valence-corrected chi connectivity index (χ4v) is 2.55. The molecule has 0 aromatic heterocycles. The molecule has 4 nitrogen and oxygen atoms in total. The first-order valence-corrected chi connectivity index (χ1v) is 7.74. The summed E-state index contributed by atoms with van der Waals surface area (Å²) in [6.07, 6.45) is 4.26. The highest BCUT2D eigenvalue weighted by molar-refractivity contribution is 7.98. The molecule has 2 N–H and O–H groups in total. The lowest BCUT2D eigenvalue weighted by Gasteiger charge is -2.20. The summed E-state index contributed by atoms with van der Waals surface area (Å²) < 4.78 is 5.55. The Bertz CT molecular complexity index is 416. The number of anilines is 1. The first-order valence-electron chi connectivity index (χ1n) is 6.52. The van der Waals surface area contributed by atoms with Crippen molar-refractivity contribution in [2.45, 2.75) is 36.8 Å². The molecule has 5 heteroatoms. The van der Waals surface area contributed by atoms with E-state index in [9.17, 15) is 4.79 Å². The summed E-state index contributed by atoms with van der Waals surface area (Å²) in [5.41, 5.74) is 0.801. The summed E-state index contributed by atoms with van der Waals surface area (Å²) in [6, 6.07) is 7.64. The lowest BCUT2D eigenvalue weighted by molar-refractivity contribution is 0.0868. The van der Waals surface area contributed by atoms with Gasteiger partial charge in [-0.1, -0.05) is 0 Å². The molecule has 19 heavy (non-hydrogen) atoms. The van der Waals surface area contributed by atoms with Crippen molar-refractivity contribution >= 4 is 23.5 Å².